The summed E-state index contributed by atoms with van der Waals surface area (Å²) in [5.74, 6) is 0. The molecular weight excluding hydrogens is 204 g/mol. The topological polar surface area (TPSA) is 56.6 Å². The molecule has 1 aromatic heterocycles. The fourth-order valence-corrected chi connectivity index (χ4v) is 2.09. The van der Waals surface area contributed by atoms with Crippen LogP contribution >= 0.6 is 0 Å². The third-order valence-corrected chi connectivity index (χ3v) is 3.33. The van der Waals surface area contributed by atoms with E-state index in [4.69, 9.17) is 0 Å². The van der Waals surface area contributed by atoms with Crippen molar-refractivity contribution in [2.45, 2.75) is 24.5 Å². The van der Waals surface area contributed by atoms with Gasteiger partial charge < -0.3 is 15.1 Å². The van der Waals surface area contributed by atoms with Gasteiger partial charge in [-0.15, -0.1) is 0 Å². The molecule has 1 aliphatic rings. The first-order valence-corrected chi connectivity index (χ1v) is 5.62. The number of hydrogen-bond acceptors (Lipinski definition) is 4. The Kier molecular flexibility index (Phi) is 3.23. The largest absolute Gasteiger partial charge is 0.387 e. The van der Waals surface area contributed by atoms with Gasteiger partial charge in [-0.05, 0) is 32.0 Å². The molecule has 2 N–H and O–H groups in total. The van der Waals surface area contributed by atoms with Gasteiger partial charge in [-0.1, -0.05) is 6.07 Å². The summed E-state index contributed by atoms with van der Waals surface area (Å²) in [4.78, 5) is 6.25. The second kappa shape index (κ2) is 4.49. The van der Waals surface area contributed by atoms with Gasteiger partial charge >= 0.3 is 0 Å². The summed E-state index contributed by atoms with van der Waals surface area (Å²) >= 11 is 0. The van der Waals surface area contributed by atoms with Gasteiger partial charge in [-0.2, -0.15) is 0 Å². The van der Waals surface area contributed by atoms with Crippen LogP contribution in [0.25, 0.3) is 0 Å². The lowest BCUT2D eigenvalue weighted by atomic mass is 9.84. The molecule has 0 aromatic carbocycles. The SMILES string of the molecule is CN1CCC(O)(C(O)c2ccccn2)CC1. The van der Waals surface area contributed by atoms with Gasteiger partial charge in [0.15, 0.2) is 0 Å². The highest BCUT2D eigenvalue weighted by atomic mass is 16.3. The van der Waals surface area contributed by atoms with Crippen molar-refractivity contribution in [3.05, 3.63) is 30.1 Å². The summed E-state index contributed by atoms with van der Waals surface area (Å²) in [5.41, 5.74) is -0.476. The van der Waals surface area contributed by atoms with E-state index in [1.54, 1.807) is 18.3 Å². The molecule has 1 atom stereocenters. The summed E-state index contributed by atoms with van der Waals surface area (Å²) in [7, 11) is 2.02. The van der Waals surface area contributed by atoms with E-state index in [1.165, 1.54) is 0 Å². The predicted molar refractivity (Wildman–Crippen MR) is 60.9 cm³/mol. The number of nitrogens with zero attached hydrogens (tertiary/aromatic N) is 2. The number of aliphatic hydroxyl groups excluding tert-OH is 1. The summed E-state index contributed by atoms with van der Waals surface area (Å²) in [6.07, 6.45) is 1.92. The zero-order valence-corrected chi connectivity index (χ0v) is 9.50. The maximum absolute atomic E-state index is 10.4. The van der Waals surface area contributed by atoms with E-state index in [-0.39, 0.29) is 0 Å². The van der Waals surface area contributed by atoms with Crippen LogP contribution in [-0.4, -0.2) is 45.8 Å². The molecule has 16 heavy (non-hydrogen) atoms. The van der Waals surface area contributed by atoms with E-state index in [1.807, 2.05) is 13.1 Å². The zero-order chi connectivity index (χ0) is 11.6. The maximum atomic E-state index is 10.4. The molecule has 88 valence electrons. The third kappa shape index (κ3) is 2.24. The third-order valence-electron chi connectivity index (χ3n) is 3.33. The Labute approximate surface area is 95.5 Å². The first-order valence-electron chi connectivity index (χ1n) is 5.62. The number of piperidine rings is 1. The van der Waals surface area contributed by atoms with Crippen LogP contribution in [0.2, 0.25) is 0 Å². The van der Waals surface area contributed by atoms with E-state index in [0.717, 1.165) is 13.1 Å². The fraction of sp³-hybridized carbons (Fsp3) is 0.583. The maximum Gasteiger partial charge on any atom is 0.125 e. The highest BCUT2D eigenvalue weighted by Crippen LogP contribution is 2.33. The number of likely N-dealkylation sites (tertiary alicyclic amines) is 1. The summed E-state index contributed by atoms with van der Waals surface area (Å²) in [6.45, 7) is 1.61. The van der Waals surface area contributed by atoms with Gasteiger partial charge in [0.1, 0.15) is 6.10 Å². The molecule has 1 fully saturated rings. The van der Waals surface area contributed by atoms with E-state index in [2.05, 4.69) is 9.88 Å². The highest BCUT2D eigenvalue weighted by Gasteiger charge is 2.39. The smallest absolute Gasteiger partial charge is 0.125 e. The van der Waals surface area contributed by atoms with Crippen molar-refractivity contribution in [3.8, 4) is 0 Å². The Morgan fingerprint density at radius 3 is 2.62 bits per heavy atom. The normalized spacial score (nSPS) is 22.9. The average Bonchev–Trinajstić information content (AvgIpc) is 2.33. The van der Waals surface area contributed by atoms with E-state index >= 15 is 0 Å². The predicted octanol–water partition coefficient (Wildman–Crippen LogP) is 0.572. The quantitative estimate of drug-likeness (QED) is 0.768. The molecule has 0 amide bonds. The van der Waals surface area contributed by atoms with Gasteiger partial charge in [0.25, 0.3) is 0 Å². The van der Waals surface area contributed by atoms with E-state index in [9.17, 15) is 10.2 Å². The van der Waals surface area contributed by atoms with Crippen LogP contribution in [0.3, 0.4) is 0 Å². The number of pyridine rings is 1. The lowest BCUT2D eigenvalue weighted by molar-refractivity contribution is -0.110. The molecule has 0 spiro atoms. The standard InChI is InChI=1S/C12H18N2O2/c1-14-8-5-12(16,6-9-14)11(15)10-4-2-3-7-13-10/h2-4,7,11,15-16H,5-6,8-9H2,1H3. The van der Waals surface area contributed by atoms with Crippen LogP contribution in [0, 0.1) is 0 Å². The van der Waals surface area contributed by atoms with Crippen molar-refractivity contribution in [1.82, 2.24) is 9.88 Å². The van der Waals surface area contributed by atoms with Crippen molar-refractivity contribution < 1.29 is 10.2 Å². The molecule has 0 radical (unpaired) electrons. The minimum absolute atomic E-state index is 0.551. The van der Waals surface area contributed by atoms with Gasteiger partial charge in [0.05, 0.1) is 11.3 Å². The molecule has 0 aliphatic carbocycles. The Bertz CT molecular complexity index is 334. The minimum atomic E-state index is -1.03. The van der Waals surface area contributed by atoms with E-state index in [0.29, 0.717) is 18.5 Å². The zero-order valence-electron chi connectivity index (χ0n) is 9.50. The summed E-state index contributed by atoms with van der Waals surface area (Å²) < 4.78 is 0. The molecule has 4 heteroatoms. The molecule has 0 saturated carbocycles. The van der Waals surface area contributed by atoms with Crippen LogP contribution in [-0.2, 0) is 0 Å². The Morgan fingerprint density at radius 2 is 2.06 bits per heavy atom. The van der Waals surface area contributed by atoms with Crippen molar-refractivity contribution in [2.24, 2.45) is 0 Å². The van der Waals surface area contributed by atoms with Crippen LogP contribution in [0.4, 0.5) is 0 Å². The molecule has 1 aliphatic heterocycles. The molecule has 4 nitrogen and oxygen atoms in total. The minimum Gasteiger partial charge on any atom is -0.387 e. The van der Waals surface area contributed by atoms with Gasteiger partial charge in [-0.25, -0.2) is 0 Å². The van der Waals surface area contributed by atoms with Crippen LogP contribution in [0.5, 0.6) is 0 Å². The Balaban J connectivity index is 2.12. The van der Waals surface area contributed by atoms with Gasteiger partial charge in [0.2, 0.25) is 0 Å². The lowest BCUT2D eigenvalue weighted by Crippen LogP contribution is -2.46. The van der Waals surface area contributed by atoms with Crippen LogP contribution < -0.4 is 0 Å². The van der Waals surface area contributed by atoms with Crippen LogP contribution in [0.15, 0.2) is 24.4 Å². The fourth-order valence-electron chi connectivity index (χ4n) is 2.09. The molecule has 1 aromatic rings. The monoisotopic (exact) mass is 222 g/mol. The average molecular weight is 222 g/mol. The molecule has 0 bridgehead atoms. The summed E-state index contributed by atoms with van der Waals surface area (Å²) in [5, 5.41) is 20.6. The lowest BCUT2D eigenvalue weighted by Gasteiger charge is -2.39. The molecule has 1 unspecified atom stereocenters. The Morgan fingerprint density at radius 1 is 1.38 bits per heavy atom. The van der Waals surface area contributed by atoms with Crippen molar-refractivity contribution in [1.29, 1.82) is 0 Å². The van der Waals surface area contributed by atoms with Gasteiger partial charge in [-0.3, -0.25) is 4.98 Å². The number of aliphatic hydroxyl groups is 2. The first kappa shape index (κ1) is 11.5. The van der Waals surface area contributed by atoms with Crippen molar-refractivity contribution in [2.75, 3.05) is 20.1 Å². The van der Waals surface area contributed by atoms with Crippen molar-refractivity contribution in [3.63, 3.8) is 0 Å². The molecule has 1 saturated heterocycles. The molecular formula is C12H18N2O2. The first-order chi connectivity index (χ1) is 7.62. The molecule has 2 rings (SSSR count). The second-order valence-electron chi connectivity index (χ2n) is 4.56. The van der Waals surface area contributed by atoms with E-state index < -0.39 is 11.7 Å². The molecule has 2 heterocycles. The van der Waals surface area contributed by atoms with Crippen molar-refractivity contribution >= 4 is 0 Å². The number of rotatable bonds is 2. The number of hydrogen-bond donors (Lipinski definition) is 2. The number of aromatic nitrogens is 1. The van der Waals surface area contributed by atoms with Crippen LogP contribution in [0.1, 0.15) is 24.6 Å². The Hall–Kier alpha value is -0.970. The summed E-state index contributed by atoms with van der Waals surface area (Å²) in [6, 6.07) is 5.37. The van der Waals surface area contributed by atoms with Gasteiger partial charge in [0, 0.05) is 19.3 Å². The second-order valence-corrected chi connectivity index (χ2v) is 4.56. The highest BCUT2D eigenvalue weighted by molar-refractivity contribution is 5.12.